The van der Waals surface area contributed by atoms with E-state index in [1.165, 1.54) is 0 Å². The Morgan fingerprint density at radius 2 is 1.59 bits per heavy atom. The smallest absolute Gasteiger partial charge is 0.265 e. The molecule has 1 atom stereocenters. The molecule has 2 N–H and O–H groups in total. The van der Waals surface area contributed by atoms with Crippen molar-refractivity contribution >= 4 is 34.8 Å². The van der Waals surface area contributed by atoms with Crippen molar-refractivity contribution in [3.05, 3.63) is 88.9 Å². The topological polar surface area (TPSA) is 67.4 Å². The molecule has 3 aromatic carbocycles. The number of para-hydroxylation sites is 1. The number of amides is 2. The Morgan fingerprint density at radius 3 is 2.31 bits per heavy atom. The quantitative estimate of drug-likeness (QED) is 0.581. The molecule has 0 saturated carbocycles. The standard InChI is InChI=1S/C23H21ClN2O3/c1-15-7-5-9-18(13-15)26-23(28)17-8-6-10-19(14-17)25-22(27)16(2)29-21-12-4-3-11-20(21)24/h3-14,16H,1-2H3,(H,25,27)(H,26,28). The molecule has 3 aromatic rings. The Kier molecular flexibility index (Phi) is 6.52. The lowest BCUT2D eigenvalue weighted by Gasteiger charge is -2.16. The van der Waals surface area contributed by atoms with E-state index in [0.717, 1.165) is 5.56 Å². The Labute approximate surface area is 174 Å². The van der Waals surface area contributed by atoms with Gasteiger partial charge in [0.1, 0.15) is 5.75 Å². The lowest BCUT2D eigenvalue weighted by molar-refractivity contribution is -0.122. The minimum Gasteiger partial charge on any atom is -0.479 e. The number of rotatable bonds is 6. The van der Waals surface area contributed by atoms with Crippen molar-refractivity contribution in [3.63, 3.8) is 0 Å². The van der Waals surface area contributed by atoms with Crippen LogP contribution >= 0.6 is 11.6 Å². The number of benzene rings is 3. The van der Waals surface area contributed by atoms with E-state index in [9.17, 15) is 9.59 Å². The van der Waals surface area contributed by atoms with Crippen LogP contribution < -0.4 is 15.4 Å². The summed E-state index contributed by atoms with van der Waals surface area (Å²) in [6.45, 7) is 3.59. The monoisotopic (exact) mass is 408 g/mol. The van der Waals surface area contributed by atoms with Gasteiger partial charge in [0.15, 0.2) is 6.10 Å². The molecule has 0 aliphatic rings. The lowest BCUT2D eigenvalue weighted by atomic mass is 10.1. The number of nitrogens with one attached hydrogen (secondary N) is 2. The molecule has 0 fully saturated rings. The summed E-state index contributed by atoms with van der Waals surface area (Å²) in [7, 11) is 0. The second-order valence-corrected chi connectivity index (χ2v) is 6.99. The van der Waals surface area contributed by atoms with Gasteiger partial charge in [-0.2, -0.15) is 0 Å². The fourth-order valence-corrected chi connectivity index (χ4v) is 2.87. The molecule has 0 aliphatic heterocycles. The van der Waals surface area contributed by atoms with Crippen LogP contribution in [0, 0.1) is 6.92 Å². The van der Waals surface area contributed by atoms with E-state index in [0.29, 0.717) is 27.7 Å². The van der Waals surface area contributed by atoms with Crippen molar-refractivity contribution in [1.29, 1.82) is 0 Å². The molecule has 0 radical (unpaired) electrons. The van der Waals surface area contributed by atoms with Crippen molar-refractivity contribution < 1.29 is 14.3 Å². The largest absolute Gasteiger partial charge is 0.479 e. The highest BCUT2D eigenvalue weighted by Gasteiger charge is 2.17. The minimum atomic E-state index is -0.764. The second kappa shape index (κ2) is 9.26. The van der Waals surface area contributed by atoms with Crippen LogP contribution in [-0.2, 0) is 4.79 Å². The van der Waals surface area contributed by atoms with Gasteiger partial charge in [0.2, 0.25) is 0 Å². The fraction of sp³-hybridized carbons (Fsp3) is 0.130. The zero-order chi connectivity index (χ0) is 20.8. The Bertz CT molecular complexity index is 1040. The maximum Gasteiger partial charge on any atom is 0.265 e. The number of carbonyl (C=O) groups excluding carboxylic acids is 2. The van der Waals surface area contributed by atoms with Crippen LogP contribution in [0.4, 0.5) is 11.4 Å². The van der Waals surface area contributed by atoms with Crippen molar-refractivity contribution in [2.24, 2.45) is 0 Å². The van der Waals surface area contributed by atoms with Gasteiger partial charge in [-0.25, -0.2) is 0 Å². The van der Waals surface area contributed by atoms with Crippen LogP contribution in [0.3, 0.4) is 0 Å². The van der Waals surface area contributed by atoms with E-state index in [2.05, 4.69) is 10.6 Å². The summed E-state index contributed by atoms with van der Waals surface area (Å²) in [5.74, 6) is -0.170. The molecule has 0 aromatic heterocycles. The zero-order valence-corrected chi connectivity index (χ0v) is 16.9. The molecule has 2 amide bonds. The molecule has 5 nitrogen and oxygen atoms in total. The number of anilines is 2. The predicted octanol–water partition coefficient (Wildman–Crippen LogP) is 5.31. The number of hydrogen-bond donors (Lipinski definition) is 2. The third-order valence-corrected chi connectivity index (χ3v) is 4.49. The molecule has 6 heteroatoms. The highest BCUT2D eigenvalue weighted by atomic mass is 35.5. The van der Waals surface area contributed by atoms with Gasteiger partial charge >= 0.3 is 0 Å². The Balaban J connectivity index is 1.65. The summed E-state index contributed by atoms with van der Waals surface area (Å²) in [5.41, 5.74) is 2.70. The summed E-state index contributed by atoms with van der Waals surface area (Å²) in [6.07, 6.45) is -0.764. The molecule has 148 valence electrons. The van der Waals surface area contributed by atoms with Gasteiger partial charge in [-0.05, 0) is 61.9 Å². The van der Waals surface area contributed by atoms with E-state index >= 15 is 0 Å². The molecule has 29 heavy (non-hydrogen) atoms. The van der Waals surface area contributed by atoms with E-state index in [4.69, 9.17) is 16.3 Å². The molecular formula is C23H21ClN2O3. The highest BCUT2D eigenvalue weighted by Crippen LogP contribution is 2.24. The predicted molar refractivity (Wildman–Crippen MR) is 116 cm³/mol. The van der Waals surface area contributed by atoms with Gasteiger partial charge < -0.3 is 15.4 Å². The number of carbonyl (C=O) groups is 2. The molecule has 0 saturated heterocycles. The maximum atomic E-state index is 12.5. The Hall–Kier alpha value is -3.31. The number of hydrogen-bond acceptors (Lipinski definition) is 3. The first kappa shape index (κ1) is 20.4. The molecule has 0 bridgehead atoms. The molecule has 0 spiro atoms. The van der Waals surface area contributed by atoms with Crippen molar-refractivity contribution in [2.75, 3.05) is 10.6 Å². The van der Waals surface area contributed by atoms with Crippen molar-refractivity contribution in [3.8, 4) is 5.75 Å². The van der Waals surface area contributed by atoms with Gasteiger partial charge in [-0.1, -0.05) is 41.9 Å². The average molecular weight is 409 g/mol. The summed E-state index contributed by atoms with van der Waals surface area (Å²) in [6, 6.07) is 21.2. The third kappa shape index (κ3) is 5.59. The first-order valence-electron chi connectivity index (χ1n) is 9.12. The maximum absolute atomic E-state index is 12.5. The normalized spacial score (nSPS) is 11.4. The van der Waals surface area contributed by atoms with Crippen LogP contribution in [-0.4, -0.2) is 17.9 Å². The molecule has 1 unspecified atom stereocenters. The summed E-state index contributed by atoms with van der Waals surface area (Å²) < 4.78 is 5.62. The van der Waals surface area contributed by atoms with Gasteiger partial charge in [-0.15, -0.1) is 0 Å². The zero-order valence-electron chi connectivity index (χ0n) is 16.1. The lowest BCUT2D eigenvalue weighted by Crippen LogP contribution is -2.30. The van der Waals surface area contributed by atoms with E-state index in [-0.39, 0.29) is 11.8 Å². The highest BCUT2D eigenvalue weighted by molar-refractivity contribution is 6.32. The average Bonchev–Trinajstić information content (AvgIpc) is 2.70. The molecule has 0 heterocycles. The Morgan fingerprint density at radius 1 is 0.897 bits per heavy atom. The second-order valence-electron chi connectivity index (χ2n) is 6.58. The van der Waals surface area contributed by atoms with Gasteiger partial charge in [-0.3, -0.25) is 9.59 Å². The number of ether oxygens (including phenoxy) is 1. The fourth-order valence-electron chi connectivity index (χ4n) is 2.69. The van der Waals surface area contributed by atoms with Crippen LogP contribution in [0.5, 0.6) is 5.75 Å². The van der Waals surface area contributed by atoms with E-state index in [1.807, 2.05) is 31.2 Å². The van der Waals surface area contributed by atoms with E-state index in [1.54, 1.807) is 55.5 Å². The van der Waals surface area contributed by atoms with Gasteiger partial charge in [0.25, 0.3) is 11.8 Å². The third-order valence-electron chi connectivity index (χ3n) is 4.18. The first-order chi connectivity index (χ1) is 13.9. The van der Waals surface area contributed by atoms with Gasteiger partial charge in [0, 0.05) is 16.9 Å². The van der Waals surface area contributed by atoms with Crippen LogP contribution in [0.25, 0.3) is 0 Å². The SMILES string of the molecule is Cc1cccc(NC(=O)c2cccc(NC(=O)C(C)Oc3ccccc3Cl)c2)c1. The summed E-state index contributed by atoms with van der Waals surface area (Å²) in [5, 5.41) is 6.05. The van der Waals surface area contributed by atoms with Crippen molar-refractivity contribution in [1.82, 2.24) is 0 Å². The van der Waals surface area contributed by atoms with Crippen LogP contribution in [0.2, 0.25) is 5.02 Å². The van der Waals surface area contributed by atoms with Gasteiger partial charge in [0.05, 0.1) is 5.02 Å². The van der Waals surface area contributed by atoms with Crippen LogP contribution in [0.15, 0.2) is 72.8 Å². The molecule has 0 aliphatic carbocycles. The summed E-state index contributed by atoms with van der Waals surface area (Å²) in [4.78, 5) is 25.0. The number of halogens is 1. The van der Waals surface area contributed by atoms with Crippen LogP contribution in [0.1, 0.15) is 22.8 Å². The van der Waals surface area contributed by atoms with E-state index < -0.39 is 6.10 Å². The van der Waals surface area contributed by atoms with Crippen molar-refractivity contribution in [2.45, 2.75) is 20.0 Å². The first-order valence-corrected chi connectivity index (χ1v) is 9.50. The number of aryl methyl sites for hydroxylation is 1. The summed E-state index contributed by atoms with van der Waals surface area (Å²) >= 11 is 6.06. The minimum absolute atomic E-state index is 0.257. The molecule has 3 rings (SSSR count). The molecular weight excluding hydrogens is 388 g/mol.